The van der Waals surface area contributed by atoms with E-state index in [-0.39, 0.29) is 0 Å². The Labute approximate surface area is 140 Å². The molecule has 0 radical (unpaired) electrons. The Hall–Kier alpha value is -3.07. The fourth-order valence-electron chi connectivity index (χ4n) is 2.98. The molecule has 0 aliphatic heterocycles. The van der Waals surface area contributed by atoms with Gasteiger partial charge in [0.1, 0.15) is 12.1 Å². The maximum Gasteiger partial charge on any atom is 0.115 e. The molecule has 1 aromatic heterocycles. The summed E-state index contributed by atoms with van der Waals surface area (Å²) in [6, 6.07) is 24.2. The second-order valence-corrected chi connectivity index (χ2v) is 5.94. The number of aromatic nitrogens is 2. The first-order chi connectivity index (χ1) is 11.8. The van der Waals surface area contributed by atoms with Crippen molar-refractivity contribution in [3.05, 3.63) is 90.3 Å². The first-order valence-electron chi connectivity index (χ1n) is 8.09. The minimum atomic E-state index is 0.313. The van der Waals surface area contributed by atoms with Crippen LogP contribution in [-0.2, 0) is 12.8 Å². The summed E-state index contributed by atoms with van der Waals surface area (Å²) in [6.45, 7) is 0. The second kappa shape index (κ2) is 6.20. The summed E-state index contributed by atoms with van der Waals surface area (Å²) >= 11 is 0. The molecule has 3 heteroatoms. The lowest BCUT2D eigenvalue weighted by molar-refractivity contribution is 0.475. The summed E-state index contributed by atoms with van der Waals surface area (Å²) in [7, 11) is 0. The molecule has 4 rings (SSSR count). The van der Waals surface area contributed by atoms with Crippen LogP contribution >= 0.6 is 0 Å². The number of nitrogens with zero attached hydrogens (tertiary/aromatic N) is 2. The van der Waals surface area contributed by atoms with Gasteiger partial charge in [0.15, 0.2) is 0 Å². The van der Waals surface area contributed by atoms with Gasteiger partial charge in [0.05, 0.1) is 11.0 Å². The van der Waals surface area contributed by atoms with Crippen molar-refractivity contribution < 1.29 is 5.11 Å². The Morgan fingerprint density at radius 1 is 0.792 bits per heavy atom. The number of rotatable bonds is 4. The predicted molar refractivity (Wildman–Crippen MR) is 96.6 cm³/mol. The van der Waals surface area contributed by atoms with Crippen LogP contribution in [0.2, 0.25) is 0 Å². The van der Waals surface area contributed by atoms with Crippen LogP contribution in [0.1, 0.15) is 11.1 Å². The van der Waals surface area contributed by atoms with E-state index in [9.17, 15) is 5.11 Å². The summed E-state index contributed by atoms with van der Waals surface area (Å²) < 4.78 is 2.12. The number of imidazole rings is 1. The summed E-state index contributed by atoms with van der Waals surface area (Å²) in [4.78, 5) is 4.47. The molecule has 0 atom stereocenters. The van der Waals surface area contributed by atoms with Gasteiger partial charge in [0.2, 0.25) is 0 Å². The molecule has 0 fully saturated rings. The van der Waals surface area contributed by atoms with Crippen LogP contribution in [0.15, 0.2) is 79.1 Å². The van der Waals surface area contributed by atoms with Gasteiger partial charge in [0.25, 0.3) is 0 Å². The highest BCUT2D eigenvalue weighted by atomic mass is 16.3. The van der Waals surface area contributed by atoms with Crippen molar-refractivity contribution in [2.45, 2.75) is 12.8 Å². The van der Waals surface area contributed by atoms with E-state index in [2.05, 4.69) is 39.9 Å². The molecule has 3 nitrogen and oxygen atoms in total. The van der Waals surface area contributed by atoms with Crippen molar-refractivity contribution in [1.82, 2.24) is 9.55 Å². The number of phenolic OH excluding ortho intramolecular Hbond substituents is 1. The van der Waals surface area contributed by atoms with Crippen molar-refractivity contribution in [2.75, 3.05) is 0 Å². The topological polar surface area (TPSA) is 38.0 Å². The third-order valence-electron chi connectivity index (χ3n) is 4.28. The number of aryl methyl sites for hydroxylation is 2. The lowest BCUT2D eigenvalue weighted by Gasteiger charge is -2.08. The first-order valence-corrected chi connectivity index (χ1v) is 8.09. The van der Waals surface area contributed by atoms with Gasteiger partial charge < -0.3 is 5.11 Å². The molecular formula is C21H18N2O. The minimum absolute atomic E-state index is 0.313. The summed E-state index contributed by atoms with van der Waals surface area (Å²) in [5.74, 6) is 0.313. The molecule has 3 aromatic carbocycles. The van der Waals surface area contributed by atoms with E-state index in [0.717, 1.165) is 29.6 Å². The van der Waals surface area contributed by atoms with Gasteiger partial charge in [-0.1, -0.05) is 36.4 Å². The van der Waals surface area contributed by atoms with E-state index < -0.39 is 0 Å². The quantitative estimate of drug-likeness (QED) is 0.601. The average Bonchev–Trinajstić information content (AvgIpc) is 3.06. The van der Waals surface area contributed by atoms with Crippen LogP contribution < -0.4 is 0 Å². The van der Waals surface area contributed by atoms with Crippen LogP contribution in [0.5, 0.6) is 5.75 Å². The fraction of sp³-hybridized carbons (Fsp3) is 0.0952. The monoisotopic (exact) mass is 314 g/mol. The van der Waals surface area contributed by atoms with Gasteiger partial charge in [-0.05, 0) is 60.4 Å². The van der Waals surface area contributed by atoms with Crippen molar-refractivity contribution >= 4 is 11.0 Å². The molecule has 0 aliphatic rings. The number of hydrogen-bond acceptors (Lipinski definition) is 2. The molecule has 1 N–H and O–H groups in total. The van der Waals surface area contributed by atoms with Gasteiger partial charge in [0, 0.05) is 5.69 Å². The van der Waals surface area contributed by atoms with E-state index in [4.69, 9.17) is 0 Å². The largest absolute Gasteiger partial charge is 0.508 e. The Balaban J connectivity index is 1.58. The summed E-state index contributed by atoms with van der Waals surface area (Å²) in [5, 5.41) is 9.36. The molecule has 24 heavy (non-hydrogen) atoms. The van der Waals surface area contributed by atoms with E-state index in [1.807, 2.05) is 36.7 Å². The van der Waals surface area contributed by atoms with Gasteiger partial charge >= 0.3 is 0 Å². The second-order valence-electron chi connectivity index (χ2n) is 5.94. The summed E-state index contributed by atoms with van der Waals surface area (Å²) in [6.07, 6.45) is 3.80. The van der Waals surface area contributed by atoms with E-state index in [0.29, 0.717) is 5.75 Å². The molecule has 0 amide bonds. The van der Waals surface area contributed by atoms with Gasteiger partial charge in [-0.15, -0.1) is 0 Å². The zero-order valence-electron chi connectivity index (χ0n) is 13.3. The van der Waals surface area contributed by atoms with Crippen molar-refractivity contribution in [3.8, 4) is 11.4 Å². The number of fused-ring (bicyclic) bond motifs is 1. The Morgan fingerprint density at radius 3 is 2.46 bits per heavy atom. The number of phenols is 1. The summed E-state index contributed by atoms with van der Waals surface area (Å²) in [5.41, 5.74) is 5.77. The fourth-order valence-corrected chi connectivity index (χ4v) is 2.98. The third-order valence-corrected chi connectivity index (χ3v) is 4.28. The predicted octanol–water partition coefficient (Wildman–Crippen LogP) is 4.52. The molecule has 1 heterocycles. The highest BCUT2D eigenvalue weighted by Crippen LogP contribution is 2.19. The zero-order chi connectivity index (χ0) is 16.4. The van der Waals surface area contributed by atoms with Crippen molar-refractivity contribution in [3.63, 3.8) is 0 Å². The number of benzene rings is 3. The molecular weight excluding hydrogens is 296 g/mol. The Morgan fingerprint density at radius 2 is 1.58 bits per heavy atom. The average molecular weight is 314 g/mol. The lowest BCUT2D eigenvalue weighted by Crippen LogP contribution is -1.95. The Kier molecular flexibility index (Phi) is 3.75. The van der Waals surface area contributed by atoms with Crippen LogP contribution in [0, 0.1) is 0 Å². The molecule has 0 saturated carbocycles. The highest BCUT2D eigenvalue weighted by molar-refractivity contribution is 5.77. The standard InChI is InChI=1S/C21H18N2O/c24-19-12-10-16(11-13-19)8-9-17-4-3-5-18(14-17)23-15-22-20-6-1-2-7-21(20)23/h1-7,10-15,24H,8-9H2. The first kappa shape index (κ1) is 14.5. The van der Waals surface area contributed by atoms with Crippen molar-refractivity contribution in [1.29, 1.82) is 0 Å². The number of para-hydroxylation sites is 2. The minimum Gasteiger partial charge on any atom is -0.508 e. The van der Waals surface area contributed by atoms with Crippen LogP contribution in [-0.4, -0.2) is 14.7 Å². The number of aromatic hydroxyl groups is 1. The van der Waals surface area contributed by atoms with E-state index >= 15 is 0 Å². The Bertz CT molecular complexity index is 970. The van der Waals surface area contributed by atoms with E-state index in [1.54, 1.807) is 12.1 Å². The third kappa shape index (κ3) is 2.88. The molecule has 118 valence electrons. The van der Waals surface area contributed by atoms with Crippen LogP contribution in [0.4, 0.5) is 0 Å². The smallest absolute Gasteiger partial charge is 0.115 e. The maximum atomic E-state index is 9.36. The molecule has 0 saturated heterocycles. The van der Waals surface area contributed by atoms with Gasteiger partial charge in [-0.2, -0.15) is 0 Å². The SMILES string of the molecule is Oc1ccc(CCc2cccc(-n3cnc4ccccc43)c2)cc1. The molecule has 4 aromatic rings. The van der Waals surface area contributed by atoms with Crippen molar-refractivity contribution in [2.24, 2.45) is 0 Å². The zero-order valence-corrected chi connectivity index (χ0v) is 13.3. The molecule has 0 unspecified atom stereocenters. The van der Waals surface area contributed by atoms with Gasteiger partial charge in [-0.3, -0.25) is 4.57 Å². The van der Waals surface area contributed by atoms with Gasteiger partial charge in [-0.25, -0.2) is 4.98 Å². The molecule has 0 aliphatic carbocycles. The normalized spacial score (nSPS) is 11.0. The highest BCUT2D eigenvalue weighted by Gasteiger charge is 2.05. The lowest BCUT2D eigenvalue weighted by atomic mass is 10.0. The molecule has 0 bridgehead atoms. The molecule has 0 spiro atoms. The maximum absolute atomic E-state index is 9.36. The number of hydrogen-bond donors (Lipinski definition) is 1. The van der Waals surface area contributed by atoms with Crippen LogP contribution in [0.25, 0.3) is 16.7 Å². The van der Waals surface area contributed by atoms with E-state index in [1.165, 1.54) is 11.1 Å². The van der Waals surface area contributed by atoms with Crippen LogP contribution in [0.3, 0.4) is 0 Å².